The van der Waals surface area contributed by atoms with Crippen LogP contribution in [0.2, 0.25) is 0 Å². The van der Waals surface area contributed by atoms with Crippen molar-refractivity contribution in [2.45, 2.75) is 59.2 Å². The summed E-state index contributed by atoms with van der Waals surface area (Å²) in [7, 11) is 0. The van der Waals surface area contributed by atoms with Crippen LogP contribution in [0, 0.1) is 0 Å². The number of carbonyl (C=O) groups excluding carboxylic acids is 2. The Morgan fingerprint density at radius 3 is 2.14 bits per heavy atom. The van der Waals surface area contributed by atoms with Crippen LogP contribution in [-0.4, -0.2) is 17.5 Å². The monoisotopic (exact) mass is 292 g/mol. The lowest BCUT2D eigenvalue weighted by Gasteiger charge is -2.21. The second-order valence-corrected chi connectivity index (χ2v) is 6.06. The lowest BCUT2D eigenvalue weighted by atomic mass is 10.0. The van der Waals surface area contributed by atoms with Crippen LogP contribution in [0.1, 0.15) is 58.3 Å². The van der Waals surface area contributed by atoms with Crippen LogP contribution in [0.15, 0.2) is 24.3 Å². The van der Waals surface area contributed by atoms with Gasteiger partial charge in [0.05, 0.1) is 0 Å². The third kappa shape index (κ3) is 5.98. The van der Waals surface area contributed by atoms with E-state index in [1.54, 1.807) is 20.8 Å². The highest BCUT2D eigenvalue weighted by Gasteiger charge is 2.25. The van der Waals surface area contributed by atoms with Gasteiger partial charge in [0.15, 0.2) is 11.9 Å². The second-order valence-electron chi connectivity index (χ2n) is 6.06. The van der Waals surface area contributed by atoms with E-state index in [9.17, 15) is 9.59 Å². The lowest BCUT2D eigenvalue weighted by molar-refractivity contribution is -0.128. The van der Waals surface area contributed by atoms with Gasteiger partial charge in [0.25, 0.3) is 0 Å². The van der Waals surface area contributed by atoms with E-state index in [0.29, 0.717) is 5.56 Å². The van der Waals surface area contributed by atoms with Crippen LogP contribution in [0.4, 0.5) is 4.79 Å². The normalized spacial score (nSPS) is 12.6. The first-order chi connectivity index (χ1) is 9.73. The molecule has 4 heteroatoms. The van der Waals surface area contributed by atoms with E-state index >= 15 is 0 Å². The van der Waals surface area contributed by atoms with E-state index in [1.165, 1.54) is 12.5 Å². The number of carbonyl (C=O) groups is 2. The summed E-state index contributed by atoms with van der Waals surface area (Å²) in [5.41, 5.74) is 1.21. The molecule has 0 aliphatic rings. The number of benzene rings is 1. The highest BCUT2D eigenvalue weighted by Crippen LogP contribution is 2.21. The van der Waals surface area contributed by atoms with E-state index < -0.39 is 17.9 Å². The molecule has 0 saturated heterocycles. The van der Waals surface area contributed by atoms with Gasteiger partial charge in [0, 0.05) is 5.56 Å². The summed E-state index contributed by atoms with van der Waals surface area (Å²) in [5.74, 6) is -0.232. The zero-order chi connectivity index (χ0) is 16.0. The quantitative estimate of drug-likeness (QED) is 0.762. The van der Waals surface area contributed by atoms with Crippen molar-refractivity contribution in [3.05, 3.63) is 35.4 Å². The summed E-state index contributed by atoms with van der Waals surface area (Å²) in [4.78, 5) is 23.4. The van der Waals surface area contributed by atoms with Crippen LogP contribution < -0.4 is 0 Å². The van der Waals surface area contributed by atoms with Gasteiger partial charge in [0.1, 0.15) is 5.60 Å². The predicted molar refractivity (Wildman–Crippen MR) is 81.2 cm³/mol. The topological polar surface area (TPSA) is 52.6 Å². The molecule has 21 heavy (non-hydrogen) atoms. The molecule has 0 fully saturated rings. The van der Waals surface area contributed by atoms with E-state index in [0.717, 1.165) is 12.8 Å². The summed E-state index contributed by atoms with van der Waals surface area (Å²) in [6, 6.07) is 7.54. The van der Waals surface area contributed by atoms with Gasteiger partial charge in [-0.1, -0.05) is 37.6 Å². The van der Waals surface area contributed by atoms with Crippen molar-refractivity contribution in [1.82, 2.24) is 0 Å². The maximum absolute atomic E-state index is 11.7. The molecule has 116 valence electrons. The number of rotatable bonds is 5. The Morgan fingerprint density at radius 1 is 1.14 bits per heavy atom. The maximum Gasteiger partial charge on any atom is 0.509 e. The molecule has 0 aliphatic carbocycles. The Labute approximate surface area is 126 Å². The summed E-state index contributed by atoms with van der Waals surface area (Å²) in [6.07, 6.45) is 0.290. The van der Waals surface area contributed by atoms with Crippen molar-refractivity contribution in [3.8, 4) is 0 Å². The standard InChI is InChI=1S/C17H24O4/c1-6-7-13-8-10-14(11-9-13)15(12(2)18)20-16(19)21-17(3,4)5/h8-11,15H,6-7H2,1-5H3. The molecular weight excluding hydrogens is 268 g/mol. The Bertz CT molecular complexity index is 483. The molecule has 0 radical (unpaired) electrons. The third-order valence-corrected chi connectivity index (χ3v) is 2.79. The highest BCUT2D eigenvalue weighted by atomic mass is 16.7. The second kappa shape index (κ2) is 7.25. The summed E-state index contributed by atoms with van der Waals surface area (Å²) in [5, 5.41) is 0. The number of ketones is 1. The molecule has 1 aromatic rings. The fraction of sp³-hybridized carbons (Fsp3) is 0.529. The summed E-state index contributed by atoms with van der Waals surface area (Å²) < 4.78 is 10.3. The van der Waals surface area contributed by atoms with Crippen LogP contribution >= 0.6 is 0 Å². The zero-order valence-corrected chi connectivity index (χ0v) is 13.4. The van der Waals surface area contributed by atoms with Crippen molar-refractivity contribution in [1.29, 1.82) is 0 Å². The molecule has 1 atom stereocenters. The Morgan fingerprint density at radius 2 is 1.71 bits per heavy atom. The SMILES string of the molecule is CCCc1ccc(C(OC(=O)OC(C)(C)C)C(C)=O)cc1. The fourth-order valence-electron chi connectivity index (χ4n) is 1.90. The largest absolute Gasteiger partial charge is 0.509 e. The van der Waals surface area contributed by atoms with Crippen LogP contribution in [-0.2, 0) is 20.7 Å². The number of hydrogen-bond acceptors (Lipinski definition) is 4. The Balaban J connectivity index is 2.82. The van der Waals surface area contributed by atoms with Gasteiger partial charge >= 0.3 is 6.16 Å². The summed E-state index contributed by atoms with van der Waals surface area (Å²) >= 11 is 0. The van der Waals surface area contributed by atoms with E-state index in [-0.39, 0.29) is 5.78 Å². The number of aryl methyl sites for hydroxylation is 1. The predicted octanol–water partition coefficient (Wildman–Crippen LogP) is 4.22. The number of Topliss-reactive ketones (excluding diaryl/α,β-unsaturated/α-hetero) is 1. The molecule has 0 spiro atoms. The van der Waals surface area contributed by atoms with Gasteiger partial charge < -0.3 is 9.47 Å². The van der Waals surface area contributed by atoms with Crippen molar-refractivity contribution in [2.75, 3.05) is 0 Å². The minimum Gasteiger partial charge on any atom is -0.429 e. The Kier molecular flexibility index (Phi) is 5.94. The molecule has 0 N–H and O–H groups in total. The average Bonchev–Trinajstić information content (AvgIpc) is 2.35. The van der Waals surface area contributed by atoms with Gasteiger partial charge in [-0.15, -0.1) is 0 Å². The molecule has 1 unspecified atom stereocenters. The minimum absolute atomic E-state index is 0.232. The van der Waals surface area contributed by atoms with Gasteiger partial charge in [-0.3, -0.25) is 4.79 Å². The van der Waals surface area contributed by atoms with Gasteiger partial charge in [-0.05, 0) is 39.7 Å². The molecule has 1 aromatic carbocycles. The fourth-order valence-corrected chi connectivity index (χ4v) is 1.90. The van der Waals surface area contributed by atoms with Crippen LogP contribution in [0.5, 0.6) is 0 Å². The molecule has 0 aromatic heterocycles. The van der Waals surface area contributed by atoms with Crippen LogP contribution in [0.3, 0.4) is 0 Å². The third-order valence-electron chi connectivity index (χ3n) is 2.79. The maximum atomic E-state index is 11.7. The molecule has 0 saturated carbocycles. The molecule has 0 amide bonds. The van der Waals surface area contributed by atoms with E-state index in [1.807, 2.05) is 24.3 Å². The van der Waals surface area contributed by atoms with Gasteiger partial charge in [0.2, 0.25) is 0 Å². The van der Waals surface area contributed by atoms with Gasteiger partial charge in [-0.25, -0.2) is 4.79 Å². The first-order valence-electron chi connectivity index (χ1n) is 7.22. The Hall–Kier alpha value is -1.84. The number of hydrogen-bond donors (Lipinski definition) is 0. The lowest BCUT2D eigenvalue weighted by Crippen LogP contribution is -2.27. The summed E-state index contributed by atoms with van der Waals surface area (Å²) in [6.45, 7) is 8.75. The van der Waals surface area contributed by atoms with E-state index in [4.69, 9.17) is 9.47 Å². The van der Waals surface area contributed by atoms with Crippen molar-refractivity contribution < 1.29 is 19.1 Å². The van der Waals surface area contributed by atoms with Crippen molar-refractivity contribution >= 4 is 11.9 Å². The number of ether oxygens (including phenoxy) is 2. The molecular formula is C17H24O4. The van der Waals surface area contributed by atoms with E-state index in [2.05, 4.69) is 6.92 Å². The average molecular weight is 292 g/mol. The molecule has 0 bridgehead atoms. The minimum atomic E-state index is -0.921. The van der Waals surface area contributed by atoms with Crippen molar-refractivity contribution in [3.63, 3.8) is 0 Å². The highest BCUT2D eigenvalue weighted by molar-refractivity contribution is 5.83. The smallest absolute Gasteiger partial charge is 0.429 e. The van der Waals surface area contributed by atoms with Crippen LogP contribution in [0.25, 0.3) is 0 Å². The molecule has 0 heterocycles. The van der Waals surface area contributed by atoms with Gasteiger partial charge in [-0.2, -0.15) is 0 Å². The zero-order valence-electron chi connectivity index (χ0n) is 13.4. The first-order valence-corrected chi connectivity index (χ1v) is 7.22. The molecule has 0 aliphatic heterocycles. The first kappa shape index (κ1) is 17.2. The molecule has 4 nitrogen and oxygen atoms in total. The molecule has 1 rings (SSSR count). The van der Waals surface area contributed by atoms with Crippen molar-refractivity contribution in [2.24, 2.45) is 0 Å².